The fraction of sp³-hybridized carbons (Fsp3) is 0.238. The monoisotopic (exact) mass is 378 g/mol. The number of thioether (sulfide) groups is 1. The van der Waals surface area contributed by atoms with Gasteiger partial charge in [0.25, 0.3) is 0 Å². The number of nitrogens with zero attached hydrogens (tertiary/aromatic N) is 2. The van der Waals surface area contributed by atoms with Gasteiger partial charge < -0.3 is 15.5 Å². The molecule has 1 aliphatic rings. The van der Waals surface area contributed by atoms with Crippen LogP contribution in [0.4, 0.5) is 16.2 Å². The molecule has 1 fully saturated rings. The molecule has 5 nitrogen and oxygen atoms in total. The van der Waals surface area contributed by atoms with E-state index in [4.69, 9.17) is 0 Å². The first-order chi connectivity index (χ1) is 13.3. The van der Waals surface area contributed by atoms with Crippen LogP contribution in [0.15, 0.2) is 60.9 Å². The van der Waals surface area contributed by atoms with Gasteiger partial charge in [0.05, 0.1) is 5.69 Å². The SMILES string of the molecule is O=C(NCc1ccc(N2CCSCC2)cc1)Nc1cccc2cnccc12. The third-order valence-electron chi connectivity index (χ3n) is 4.69. The molecule has 0 saturated carbocycles. The molecule has 2 N–H and O–H groups in total. The molecule has 6 heteroatoms. The van der Waals surface area contributed by atoms with Gasteiger partial charge in [-0.05, 0) is 29.8 Å². The Labute approximate surface area is 163 Å². The number of pyridine rings is 1. The van der Waals surface area contributed by atoms with Gasteiger partial charge in [-0.1, -0.05) is 24.3 Å². The van der Waals surface area contributed by atoms with E-state index in [1.807, 2.05) is 36.0 Å². The van der Waals surface area contributed by atoms with Crippen LogP contribution < -0.4 is 15.5 Å². The molecule has 0 atom stereocenters. The van der Waals surface area contributed by atoms with Crippen molar-refractivity contribution in [3.8, 4) is 0 Å². The second-order valence-corrected chi connectivity index (χ2v) is 7.70. The fourth-order valence-corrected chi connectivity index (χ4v) is 4.13. The Balaban J connectivity index is 1.35. The van der Waals surface area contributed by atoms with Crippen LogP contribution in [0.5, 0.6) is 0 Å². The van der Waals surface area contributed by atoms with Crippen molar-refractivity contribution in [1.82, 2.24) is 10.3 Å². The molecule has 0 spiro atoms. The average Bonchev–Trinajstić information content (AvgIpc) is 2.74. The zero-order chi connectivity index (χ0) is 18.5. The Morgan fingerprint density at radius 3 is 2.70 bits per heavy atom. The first-order valence-corrected chi connectivity index (χ1v) is 10.2. The van der Waals surface area contributed by atoms with E-state index < -0.39 is 0 Å². The lowest BCUT2D eigenvalue weighted by molar-refractivity contribution is 0.252. The molecule has 3 aromatic rings. The highest BCUT2D eigenvalue weighted by molar-refractivity contribution is 7.99. The molecular weight excluding hydrogens is 356 g/mol. The van der Waals surface area contributed by atoms with E-state index in [2.05, 4.69) is 44.8 Å². The second-order valence-electron chi connectivity index (χ2n) is 6.48. The number of benzene rings is 2. The maximum Gasteiger partial charge on any atom is 0.319 e. The van der Waals surface area contributed by atoms with Crippen LogP contribution in [0, 0.1) is 0 Å². The standard InChI is InChI=1S/C21H22N4OS/c26-21(24-20-3-1-2-17-15-22-9-8-19(17)20)23-14-16-4-6-18(7-5-16)25-10-12-27-13-11-25/h1-9,15H,10-14H2,(H2,23,24,26). The van der Waals surface area contributed by atoms with Gasteiger partial charge in [-0.15, -0.1) is 0 Å². The number of hydrogen-bond acceptors (Lipinski definition) is 4. The number of nitrogens with one attached hydrogen (secondary N) is 2. The van der Waals surface area contributed by atoms with Gasteiger partial charge in [-0.25, -0.2) is 4.79 Å². The van der Waals surface area contributed by atoms with Gasteiger partial charge in [0, 0.05) is 60.0 Å². The van der Waals surface area contributed by atoms with Crippen molar-refractivity contribution in [2.75, 3.05) is 34.8 Å². The number of urea groups is 1. The summed E-state index contributed by atoms with van der Waals surface area (Å²) in [7, 11) is 0. The lowest BCUT2D eigenvalue weighted by Crippen LogP contribution is -2.32. The van der Waals surface area contributed by atoms with E-state index in [-0.39, 0.29) is 6.03 Å². The van der Waals surface area contributed by atoms with Gasteiger partial charge in [-0.2, -0.15) is 11.8 Å². The summed E-state index contributed by atoms with van der Waals surface area (Å²) in [6.07, 6.45) is 3.52. The molecule has 0 aliphatic carbocycles. The summed E-state index contributed by atoms with van der Waals surface area (Å²) in [6.45, 7) is 2.70. The maximum absolute atomic E-state index is 12.3. The zero-order valence-electron chi connectivity index (χ0n) is 15.0. The van der Waals surface area contributed by atoms with Crippen molar-refractivity contribution in [1.29, 1.82) is 0 Å². The number of hydrogen-bond donors (Lipinski definition) is 2. The summed E-state index contributed by atoms with van der Waals surface area (Å²) >= 11 is 2.01. The predicted octanol–water partition coefficient (Wildman–Crippen LogP) is 4.11. The van der Waals surface area contributed by atoms with Crippen LogP contribution in [0.3, 0.4) is 0 Å². The van der Waals surface area contributed by atoms with Crippen molar-refractivity contribution in [2.24, 2.45) is 0 Å². The molecule has 1 aliphatic heterocycles. The Kier molecular flexibility index (Phi) is 5.44. The van der Waals surface area contributed by atoms with E-state index in [1.54, 1.807) is 12.4 Å². The van der Waals surface area contributed by atoms with Crippen molar-refractivity contribution in [3.05, 3.63) is 66.5 Å². The third-order valence-corrected chi connectivity index (χ3v) is 5.64. The van der Waals surface area contributed by atoms with Gasteiger partial charge in [0.1, 0.15) is 0 Å². The van der Waals surface area contributed by atoms with Crippen LogP contribution in [-0.4, -0.2) is 35.6 Å². The lowest BCUT2D eigenvalue weighted by atomic mass is 10.1. The first kappa shape index (κ1) is 17.7. The Morgan fingerprint density at radius 1 is 1.07 bits per heavy atom. The largest absolute Gasteiger partial charge is 0.370 e. The highest BCUT2D eigenvalue weighted by atomic mass is 32.2. The van der Waals surface area contributed by atoms with Gasteiger partial charge in [0.2, 0.25) is 0 Å². The average molecular weight is 379 g/mol. The van der Waals surface area contributed by atoms with Gasteiger partial charge in [-0.3, -0.25) is 4.98 Å². The summed E-state index contributed by atoms with van der Waals surface area (Å²) in [5.74, 6) is 2.38. The number of anilines is 2. The van der Waals surface area contributed by atoms with Crippen LogP contribution in [0.25, 0.3) is 10.8 Å². The fourth-order valence-electron chi connectivity index (χ4n) is 3.23. The molecule has 0 bridgehead atoms. The molecule has 1 saturated heterocycles. The highest BCUT2D eigenvalue weighted by Gasteiger charge is 2.11. The predicted molar refractivity (Wildman–Crippen MR) is 114 cm³/mol. The quantitative estimate of drug-likeness (QED) is 0.717. The first-order valence-electron chi connectivity index (χ1n) is 9.09. The molecule has 1 aromatic heterocycles. The lowest BCUT2D eigenvalue weighted by Gasteiger charge is -2.28. The summed E-state index contributed by atoms with van der Waals surface area (Å²) in [4.78, 5) is 18.8. The Morgan fingerprint density at radius 2 is 1.89 bits per heavy atom. The topological polar surface area (TPSA) is 57.3 Å². The molecule has 4 rings (SSSR count). The molecular formula is C21H22N4OS. The minimum absolute atomic E-state index is 0.212. The third kappa shape index (κ3) is 4.34. The van der Waals surface area contributed by atoms with Crippen molar-refractivity contribution in [3.63, 3.8) is 0 Å². The van der Waals surface area contributed by atoms with Crippen molar-refractivity contribution < 1.29 is 4.79 Å². The molecule has 0 unspecified atom stereocenters. The highest BCUT2D eigenvalue weighted by Crippen LogP contribution is 2.22. The number of carbonyl (C=O) groups excluding carboxylic acids is 1. The maximum atomic E-state index is 12.3. The summed E-state index contributed by atoms with van der Waals surface area (Å²) in [5, 5.41) is 7.84. The van der Waals surface area contributed by atoms with E-state index in [1.165, 1.54) is 17.2 Å². The number of amides is 2. The van der Waals surface area contributed by atoms with Crippen molar-refractivity contribution >= 4 is 39.9 Å². The smallest absolute Gasteiger partial charge is 0.319 e. The summed E-state index contributed by atoms with van der Waals surface area (Å²) < 4.78 is 0. The minimum Gasteiger partial charge on any atom is -0.370 e. The van der Waals surface area contributed by atoms with Gasteiger partial charge in [0.15, 0.2) is 0 Å². The zero-order valence-corrected chi connectivity index (χ0v) is 15.8. The van der Waals surface area contributed by atoms with Gasteiger partial charge >= 0.3 is 6.03 Å². The number of fused-ring (bicyclic) bond motifs is 1. The van der Waals surface area contributed by atoms with Crippen molar-refractivity contribution in [2.45, 2.75) is 6.54 Å². The van der Waals surface area contributed by atoms with Crippen LogP contribution in [0.1, 0.15) is 5.56 Å². The van der Waals surface area contributed by atoms with Crippen LogP contribution in [0.2, 0.25) is 0 Å². The molecule has 2 heterocycles. The van der Waals surface area contributed by atoms with Crippen LogP contribution in [-0.2, 0) is 6.54 Å². The van der Waals surface area contributed by atoms with E-state index >= 15 is 0 Å². The van der Waals surface area contributed by atoms with E-state index in [0.29, 0.717) is 6.54 Å². The Hall–Kier alpha value is -2.73. The number of aromatic nitrogens is 1. The summed E-state index contributed by atoms with van der Waals surface area (Å²) in [5.41, 5.74) is 3.13. The van der Waals surface area contributed by atoms with E-state index in [0.717, 1.165) is 35.1 Å². The molecule has 0 radical (unpaired) electrons. The number of carbonyl (C=O) groups is 1. The van der Waals surface area contributed by atoms with Crippen LogP contribution >= 0.6 is 11.8 Å². The summed E-state index contributed by atoms with van der Waals surface area (Å²) in [6, 6.07) is 15.9. The molecule has 138 valence electrons. The minimum atomic E-state index is -0.212. The number of rotatable bonds is 4. The van der Waals surface area contributed by atoms with E-state index in [9.17, 15) is 4.79 Å². The Bertz CT molecular complexity index is 918. The molecule has 2 aromatic carbocycles. The second kappa shape index (κ2) is 8.31. The molecule has 27 heavy (non-hydrogen) atoms. The molecule has 2 amide bonds. The normalized spacial score (nSPS) is 14.1.